The minimum absolute atomic E-state index is 0.00560. The zero-order chi connectivity index (χ0) is 15.6. The van der Waals surface area contributed by atoms with Crippen molar-refractivity contribution < 1.29 is 12.8 Å². The van der Waals surface area contributed by atoms with Gasteiger partial charge in [-0.3, -0.25) is 0 Å². The Morgan fingerprint density at radius 1 is 1.35 bits per heavy atom. The van der Waals surface area contributed by atoms with Crippen LogP contribution in [0.15, 0.2) is 23.1 Å². The van der Waals surface area contributed by atoms with Crippen molar-refractivity contribution in [2.24, 2.45) is 5.41 Å². The van der Waals surface area contributed by atoms with Gasteiger partial charge in [0.25, 0.3) is 0 Å². The topological polar surface area (TPSA) is 46.2 Å². The molecule has 1 unspecified atom stereocenters. The lowest BCUT2D eigenvalue weighted by atomic mass is 9.90. The molecule has 0 bridgehead atoms. The maximum atomic E-state index is 13.1. The van der Waals surface area contributed by atoms with E-state index in [9.17, 15) is 12.8 Å². The Kier molecular flexibility index (Phi) is 5.84. The second-order valence-electron chi connectivity index (χ2n) is 5.79. The summed E-state index contributed by atoms with van der Waals surface area (Å²) in [6.07, 6.45) is 0.647. The van der Waals surface area contributed by atoms with Crippen LogP contribution in [-0.4, -0.2) is 20.3 Å². The summed E-state index contributed by atoms with van der Waals surface area (Å²) in [5, 5.41) is -0.377. The van der Waals surface area contributed by atoms with E-state index in [0.29, 0.717) is 6.42 Å². The van der Waals surface area contributed by atoms with Crippen molar-refractivity contribution in [1.82, 2.24) is 4.72 Å². The molecule has 114 valence electrons. The van der Waals surface area contributed by atoms with Crippen molar-refractivity contribution in [3.05, 3.63) is 29.0 Å². The second-order valence-corrected chi connectivity index (χ2v) is 8.55. The van der Waals surface area contributed by atoms with Gasteiger partial charge in [0, 0.05) is 11.9 Å². The molecule has 0 fully saturated rings. The van der Waals surface area contributed by atoms with Gasteiger partial charge in [-0.25, -0.2) is 17.5 Å². The van der Waals surface area contributed by atoms with Gasteiger partial charge in [-0.05, 0) is 30.0 Å². The van der Waals surface area contributed by atoms with Crippen molar-refractivity contribution >= 4 is 33.2 Å². The molecule has 3 nitrogen and oxygen atoms in total. The zero-order valence-corrected chi connectivity index (χ0v) is 13.9. The quantitative estimate of drug-likeness (QED) is 0.828. The molecule has 0 amide bonds. The molecule has 20 heavy (non-hydrogen) atoms. The van der Waals surface area contributed by atoms with Crippen molar-refractivity contribution in [3.63, 3.8) is 0 Å². The lowest BCUT2D eigenvalue weighted by molar-refractivity contribution is 0.369. The second kappa shape index (κ2) is 6.60. The summed E-state index contributed by atoms with van der Waals surface area (Å²) in [7, 11) is -3.87. The van der Waals surface area contributed by atoms with Crippen molar-refractivity contribution in [3.8, 4) is 0 Å². The maximum absolute atomic E-state index is 13.1. The molecule has 0 saturated carbocycles. The first kappa shape index (κ1) is 17.7. The van der Waals surface area contributed by atoms with Crippen LogP contribution in [0.3, 0.4) is 0 Å². The van der Waals surface area contributed by atoms with Crippen molar-refractivity contribution in [2.75, 3.05) is 6.54 Å². The summed E-state index contributed by atoms with van der Waals surface area (Å²) < 4.78 is 39.6. The molecule has 0 aromatic heterocycles. The van der Waals surface area contributed by atoms with Crippen LogP contribution < -0.4 is 4.72 Å². The first-order valence-corrected chi connectivity index (χ1v) is 8.40. The number of benzene rings is 1. The van der Waals surface area contributed by atoms with E-state index in [2.05, 4.69) is 4.72 Å². The van der Waals surface area contributed by atoms with Crippen molar-refractivity contribution in [1.29, 1.82) is 0 Å². The molecule has 0 spiro atoms. The maximum Gasteiger partial charge on any atom is 0.242 e. The van der Waals surface area contributed by atoms with Crippen LogP contribution in [0.5, 0.6) is 0 Å². The fourth-order valence-corrected chi connectivity index (χ4v) is 3.92. The highest BCUT2D eigenvalue weighted by Crippen LogP contribution is 2.25. The standard InChI is InChI=1S/C13H18Cl2FNO2S/c1-13(2,3)7-9(14)8-17-20(18,19)12-6-10(16)4-5-11(12)15/h4-6,9,17H,7-8H2,1-3H3. The van der Waals surface area contributed by atoms with E-state index in [0.717, 1.165) is 12.1 Å². The van der Waals surface area contributed by atoms with E-state index in [-0.39, 0.29) is 27.3 Å². The lowest BCUT2D eigenvalue weighted by Crippen LogP contribution is -2.32. The summed E-state index contributed by atoms with van der Waals surface area (Å²) in [5.41, 5.74) is -0.00560. The molecular weight excluding hydrogens is 324 g/mol. The Bertz CT molecular complexity index is 570. The molecule has 0 heterocycles. The van der Waals surface area contributed by atoms with Crippen LogP contribution in [0.1, 0.15) is 27.2 Å². The molecular formula is C13H18Cl2FNO2S. The highest BCUT2D eigenvalue weighted by Gasteiger charge is 2.22. The Hall–Kier alpha value is -0.360. The van der Waals surface area contributed by atoms with Gasteiger partial charge >= 0.3 is 0 Å². The fraction of sp³-hybridized carbons (Fsp3) is 0.538. The predicted octanol–water partition coefficient (Wildman–Crippen LogP) is 3.80. The highest BCUT2D eigenvalue weighted by atomic mass is 35.5. The smallest absolute Gasteiger partial charge is 0.210 e. The van der Waals surface area contributed by atoms with Crippen LogP contribution >= 0.6 is 23.2 Å². The third-order valence-corrected chi connectivity index (χ3v) is 4.73. The van der Waals surface area contributed by atoms with E-state index in [1.54, 1.807) is 0 Å². The molecule has 0 saturated heterocycles. The van der Waals surface area contributed by atoms with Crippen molar-refractivity contribution in [2.45, 2.75) is 37.5 Å². The van der Waals surface area contributed by atoms with E-state index in [1.165, 1.54) is 6.07 Å². The third kappa shape index (κ3) is 5.56. The predicted molar refractivity (Wildman–Crippen MR) is 80.3 cm³/mol. The summed E-state index contributed by atoms with van der Waals surface area (Å²) in [6, 6.07) is 3.20. The van der Waals surface area contributed by atoms with Crippen LogP contribution in [0.2, 0.25) is 5.02 Å². The van der Waals surface area contributed by atoms with E-state index < -0.39 is 15.8 Å². The van der Waals surface area contributed by atoms with E-state index in [1.807, 2.05) is 20.8 Å². The third-order valence-electron chi connectivity index (χ3n) is 2.51. The van der Waals surface area contributed by atoms with Gasteiger partial charge in [-0.1, -0.05) is 32.4 Å². The fourth-order valence-electron chi connectivity index (χ4n) is 1.70. The van der Waals surface area contributed by atoms with Gasteiger partial charge in [0.1, 0.15) is 10.7 Å². The number of hydrogen-bond donors (Lipinski definition) is 1. The monoisotopic (exact) mass is 341 g/mol. The lowest BCUT2D eigenvalue weighted by Gasteiger charge is -2.22. The normalized spacial score (nSPS) is 14.3. The SMILES string of the molecule is CC(C)(C)CC(Cl)CNS(=O)(=O)c1cc(F)ccc1Cl. The van der Waals surface area contributed by atoms with Gasteiger partial charge < -0.3 is 0 Å². The summed E-state index contributed by atoms with van der Waals surface area (Å²) in [5.74, 6) is -0.660. The summed E-state index contributed by atoms with van der Waals surface area (Å²) in [4.78, 5) is -0.279. The van der Waals surface area contributed by atoms with E-state index in [4.69, 9.17) is 23.2 Å². The van der Waals surface area contributed by atoms with Crippen LogP contribution in [-0.2, 0) is 10.0 Å². The number of sulfonamides is 1. The number of hydrogen-bond acceptors (Lipinski definition) is 2. The molecule has 1 N–H and O–H groups in total. The molecule has 1 atom stereocenters. The molecule has 0 aliphatic heterocycles. The average Bonchev–Trinajstić information content (AvgIpc) is 2.27. The van der Waals surface area contributed by atoms with Crippen LogP contribution in [0, 0.1) is 11.2 Å². The van der Waals surface area contributed by atoms with Gasteiger partial charge in [0.2, 0.25) is 10.0 Å². The van der Waals surface area contributed by atoms with Crippen LogP contribution in [0.25, 0.3) is 0 Å². The molecule has 0 aliphatic carbocycles. The minimum atomic E-state index is -3.87. The molecule has 7 heteroatoms. The summed E-state index contributed by atoms with van der Waals surface area (Å²) in [6.45, 7) is 6.11. The number of rotatable bonds is 5. The van der Waals surface area contributed by atoms with Gasteiger partial charge in [-0.2, -0.15) is 0 Å². The largest absolute Gasteiger partial charge is 0.242 e. The Balaban J connectivity index is 2.78. The first-order chi connectivity index (χ1) is 9.01. The number of nitrogens with one attached hydrogen (secondary N) is 1. The number of alkyl halides is 1. The Morgan fingerprint density at radius 2 is 1.95 bits per heavy atom. The molecule has 1 rings (SSSR count). The number of halogens is 3. The first-order valence-electron chi connectivity index (χ1n) is 6.10. The van der Waals surface area contributed by atoms with Crippen LogP contribution in [0.4, 0.5) is 4.39 Å². The average molecular weight is 342 g/mol. The van der Waals surface area contributed by atoms with Gasteiger partial charge in [0.15, 0.2) is 0 Å². The molecule has 1 aromatic rings. The van der Waals surface area contributed by atoms with E-state index >= 15 is 0 Å². The van der Waals surface area contributed by atoms with Gasteiger partial charge in [0.05, 0.1) is 5.02 Å². The zero-order valence-electron chi connectivity index (χ0n) is 11.6. The Morgan fingerprint density at radius 3 is 2.50 bits per heavy atom. The van der Waals surface area contributed by atoms with Gasteiger partial charge in [-0.15, -0.1) is 11.6 Å². The molecule has 0 aliphatic rings. The highest BCUT2D eigenvalue weighted by molar-refractivity contribution is 7.89. The minimum Gasteiger partial charge on any atom is -0.210 e. The molecule has 0 radical (unpaired) electrons. The Labute approximate surface area is 129 Å². The molecule has 1 aromatic carbocycles. The summed E-state index contributed by atoms with van der Waals surface area (Å²) >= 11 is 11.9.